The number of esters is 1. The molecule has 0 fully saturated rings. The normalized spacial score (nSPS) is 14.6. The summed E-state index contributed by atoms with van der Waals surface area (Å²) in [4.78, 5) is 22.5. The molecule has 29 heavy (non-hydrogen) atoms. The third-order valence-electron chi connectivity index (χ3n) is 4.39. The number of nitro groups is 1. The van der Waals surface area contributed by atoms with E-state index in [-0.39, 0.29) is 5.69 Å². The Hall–Kier alpha value is -4.13. The summed E-state index contributed by atoms with van der Waals surface area (Å²) < 4.78 is 16.2. The lowest BCUT2D eigenvalue weighted by molar-refractivity contribution is -0.384. The summed E-state index contributed by atoms with van der Waals surface area (Å²) >= 11 is 0. The van der Waals surface area contributed by atoms with Crippen molar-refractivity contribution < 1.29 is 23.6 Å². The first-order valence-corrected chi connectivity index (χ1v) is 8.68. The number of carbonyl (C=O) groups is 1. The van der Waals surface area contributed by atoms with Gasteiger partial charge in [0.2, 0.25) is 0 Å². The second-order valence-corrected chi connectivity index (χ2v) is 6.23. The van der Waals surface area contributed by atoms with Crippen LogP contribution in [-0.4, -0.2) is 18.0 Å². The highest BCUT2D eigenvalue weighted by molar-refractivity contribution is 6.04. The summed E-state index contributed by atoms with van der Waals surface area (Å²) in [6.07, 6.45) is 3.24. The number of nitrogens with zero attached hydrogens (tertiary/aromatic N) is 1. The largest absolute Gasteiger partial charge is 0.497 e. The number of carbonyl (C=O) groups excluding carboxylic acids is 1. The van der Waals surface area contributed by atoms with Gasteiger partial charge in [-0.3, -0.25) is 10.1 Å². The van der Waals surface area contributed by atoms with Crippen LogP contribution in [0.15, 0.2) is 76.7 Å². The molecule has 3 aromatic rings. The molecule has 0 amide bonds. The van der Waals surface area contributed by atoms with Crippen LogP contribution in [0.1, 0.15) is 11.3 Å². The van der Waals surface area contributed by atoms with Gasteiger partial charge in [-0.05, 0) is 60.7 Å². The standard InChI is InChI=1S/C22H15NO6/c1-27-18-8-4-15(5-9-18)21-13-16(22(24)29-21)12-19-10-11-20(28-19)14-2-6-17(7-3-14)23(25)26/h2-13H,1H3/b16-12-. The highest BCUT2D eigenvalue weighted by Gasteiger charge is 2.22. The number of ether oxygens (including phenoxy) is 2. The summed E-state index contributed by atoms with van der Waals surface area (Å²) in [5.74, 6) is 1.70. The molecule has 4 rings (SSSR count). The van der Waals surface area contributed by atoms with Crippen molar-refractivity contribution in [3.63, 3.8) is 0 Å². The summed E-state index contributed by atoms with van der Waals surface area (Å²) in [6.45, 7) is 0. The van der Waals surface area contributed by atoms with Gasteiger partial charge in [0.05, 0.1) is 17.6 Å². The number of nitro benzene ring substituents is 1. The van der Waals surface area contributed by atoms with Gasteiger partial charge in [0.15, 0.2) is 0 Å². The van der Waals surface area contributed by atoms with E-state index >= 15 is 0 Å². The van der Waals surface area contributed by atoms with Gasteiger partial charge in [-0.15, -0.1) is 0 Å². The molecule has 0 bridgehead atoms. The van der Waals surface area contributed by atoms with Crippen LogP contribution in [0, 0.1) is 10.1 Å². The van der Waals surface area contributed by atoms with E-state index < -0.39 is 10.9 Å². The molecular formula is C22H15NO6. The topological polar surface area (TPSA) is 91.8 Å². The van der Waals surface area contributed by atoms with Gasteiger partial charge in [-0.1, -0.05) is 0 Å². The maximum absolute atomic E-state index is 12.2. The van der Waals surface area contributed by atoms with Crippen LogP contribution in [0.3, 0.4) is 0 Å². The Labute approximate surface area is 165 Å². The number of furan rings is 1. The van der Waals surface area contributed by atoms with Gasteiger partial charge in [-0.25, -0.2) is 4.79 Å². The average molecular weight is 389 g/mol. The van der Waals surface area contributed by atoms with E-state index in [1.165, 1.54) is 12.1 Å². The summed E-state index contributed by atoms with van der Waals surface area (Å²) in [5.41, 5.74) is 1.82. The van der Waals surface area contributed by atoms with Crippen molar-refractivity contribution in [2.45, 2.75) is 0 Å². The predicted molar refractivity (Wildman–Crippen MR) is 106 cm³/mol. The fourth-order valence-corrected chi connectivity index (χ4v) is 2.87. The molecule has 2 aromatic carbocycles. The second kappa shape index (κ2) is 7.47. The Morgan fingerprint density at radius 1 is 0.966 bits per heavy atom. The lowest BCUT2D eigenvalue weighted by Crippen LogP contribution is -1.97. The third-order valence-corrected chi connectivity index (χ3v) is 4.39. The fourth-order valence-electron chi connectivity index (χ4n) is 2.87. The van der Waals surface area contributed by atoms with Crippen LogP contribution in [-0.2, 0) is 9.53 Å². The molecule has 144 valence electrons. The number of cyclic esters (lactones) is 1. The highest BCUT2D eigenvalue weighted by Crippen LogP contribution is 2.30. The zero-order chi connectivity index (χ0) is 20.4. The molecule has 0 aliphatic carbocycles. The number of hydrogen-bond donors (Lipinski definition) is 0. The summed E-state index contributed by atoms with van der Waals surface area (Å²) in [7, 11) is 1.58. The van der Waals surface area contributed by atoms with Crippen molar-refractivity contribution >= 4 is 23.5 Å². The van der Waals surface area contributed by atoms with Crippen molar-refractivity contribution in [3.05, 3.63) is 93.8 Å². The Bertz CT molecular complexity index is 1140. The number of benzene rings is 2. The number of non-ortho nitro benzene ring substituents is 1. The molecule has 0 atom stereocenters. The number of methoxy groups -OCH3 is 1. The van der Waals surface area contributed by atoms with Crippen molar-refractivity contribution in [2.75, 3.05) is 7.11 Å². The van der Waals surface area contributed by atoms with Gasteiger partial charge < -0.3 is 13.9 Å². The highest BCUT2D eigenvalue weighted by atomic mass is 16.6. The maximum Gasteiger partial charge on any atom is 0.343 e. The van der Waals surface area contributed by atoms with E-state index in [9.17, 15) is 14.9 Å². The van der Waals surface area contributed by atoms with Crippen LogP contribution in [0.2, 0.25) is 0 Å². The van der Waals surface area contributed by atoms with Crippen molar-refractivity contribution in [3.8, 4) is 17.1 Å². The minimum atomic E-state index is -0.468. The van der Waals surface area contributed by atoms with Crippen LogP contribution in [0.5, 0.6) is 5.75 Å². The van der Waals surface area contributed by atoms with E-state index in [1.807, 2.05) is 0 Å². The Morgan fingerprint density at radius 2 is 1.66 bits per heavy atom. The molecule has 1 aliphatic rings. The summed E-state index contributed by atoms with van der Waals surface area (Å²) in [5, 5.41) is 10.8. The molecule has 0 radical (unpaired) electrons. The van der Waals surface area contributed by atoms with Crippen LogP contribution in [0.4, 0.5) is 5.69 Å². The molecule has 0 spiro atoms. The van der Waals surface area contributed by atoms with Gasteiger partial charge in [0.25, 0.3) is 5.69 Å². The van der Waals surface area contributed by atoms with Crippen LogP contribution < -0.4 is 4.74 Å². The fraction of sp³-hybridized carbons (Fsp3) is 0.0455. The molecule has 1 aromatic heterocycles. The van der Waals surface area contributed by atoms with E-state index in [0.717, 1.165) is 5.56 Å². The predicted octanol–water partition coefficient (Wildman–Crippen LogP) is 4.84. The van der Waals surface area contributed by atoms with Gasteiger partial charge in [0.1, 0.15) is 23.0 Å². The smallest absolute Gasteiger partial charge is 0.343 e. The van der Waals surface area contributed by atoms with Crippen molar-refractivity contribution in [1.29, 1.82) is 0 Å². The average Bonchev–Trinajstić information content (AvgIpc) is 3.35. The van der Waals surface area contributed by atoms with Crippen LogP contribution in [0.25, 0.3) is 23.2 Å². The zero-order valence-corrected chi connectivity index (χ0v) is 15.3. The Kier molecular flexibility index (Phi) is 4.70. The van der Waals surface area contributed by atoms with E-state index in [1.54, 1.807) is 67.8 Å². The quantitative estimate of drug-likeness (QED) is 0.268. The molecule has 0 saturated heterocycles. The SMILES string of the molecule is COc1ccc(C2=C/C(=C/c3ccc(-c4ccc([N+](=O)[O-])cc4)o3)C(=O)O2)cc1. The maximum atomic E-state index is 12.2. The zero-order valence-electron chi connectivity index (χ0n) is 15.3. The van der Waals surface area contributed by atoms with Crippen molar-refractivity contribution in [2.24, 2.45) is 0 Å². The number of rotatable bonds is 5. The van der Waals surface area contributed by atoms with Gasteiger partial charge >= 0.3 is 5.97 Å². The van der Waals surface area contributed by atoms with Gasteiger partial charge in [-0.2, -0.15) is 0 Å². The van der Waals surface area contributed by atoms with E-state index in [4.69, 9.17) is 13.9 Å². The molecular weight excluding hydrogens is 374 g/mol. The Morgan fingerprint density at radius 3 is 2.31 bits per heavy atom. The molecule has 7 nitrogen and oxygen atoms in total. The first kappa shape index (κ1) is 18.2. The minimum Gasteiger partial charge on any atom is -0.497 e. The minimum absolute atomic E-state index is 0.00699. The Balaban J connectivity index is 1.56. The lowest BCUT2D eigenvalue weighted by Gasteiger charge is -2.03. The van der Waals surface area contributed by atoms with E-state index in [0.29, 0.717) is 34.2 Å². The lowest BCUT2D eigenvalue weighted by atomic mass is 10.1. The molecule has 0 unspecified atom stereocenters. The van der Waals surface area contributed by atoms with Gasteiger partial charge in [0, 0.05) is 23.3 Å². The third kappa shape index (κ3) is 3.79. The second-order valence-electron chi connectivity index (χ2n) is 6.23. The molecule has 2 heterocycles. The van der Waals surface area contributed by atoms with Crippen molar-refractivity contribution in [1.82, 2.24) is 0 Å². The monoisotopic (exact) mass is 389 g/mol. The van der Waals surface area contributed by atoms with Crippen LogP contribution >= 0.6 is 0 Å². The summed E-state index contributed by atoms with van der Waals surface area (Å²) in [6, 6.07) is 16.7. The number of hydrogen-bond acceptors (Lipinski definition) is 6. The van der Waals surface area contributed by atoms with E-state index in [2.05, 4.69) is 0 Å². The first-order valence-electron chi connectivity index (χ1n) is 8.68. The molecule has 0 N–H and O–H groups in total. The molecule has 1 aliphatic heterocycles. The molecule has 0 saturated carbocycles. The molecule has 7 heteroatoms. The first-order chi connectivity index (χ1) is 14.0.